The van der Waals surface area contributed by atoms with Crippen LogP contribution in [0.1, 0.15) is 25.7 Å². The van der Waals surface area contributed by atoms with E-state index in [9.17, 15) is 9.59 Å². The molecular formula is C12H23N5O3. The Morgan fingerprint density at radius 2 is 2.15 bits per heavy atom. The summed E-state index contributed by atoms with van der Waals surface area (Å²) in [7, 11) is 0. The molecule has 0 aromatic heterocycles. The van der Waals surface area contributed by atoms with Gasteiger partial charge in [0.1, 0.15) is 6.04 Å². The van der Waals surface area contributed by atoms with Crippen LogP contribution in [0.5, 0.6) is 0 Å². The van der Waals surface area contributed by atoms with Crippen LogP contribution in [-0.4, -0.2) is 54.5 Å². The first-order chi connectivity index (χ1) is 9.50. The van der Waals surface area contributed by atoms with Gasteiger partial charge in [0.2, 0.25) is 5.91 Å². The number of nitrogens with two attached hydrogens (primary N) is 2. The van der Waals surface area contributed by atoms with Crippen LogP contribution in [-0.2, 0) is 9.59 Å². The molecule has 0 spiro atoms. The van der Waals surface area contributed by atoms with Gasteiger partial charge < -0.3 is 27.2 Å². The minimum Gasteiger partial charge on any atom is -0.480 e. The zero-order valence-corrected chi connectivity index (χ0v) is 11.4. The number of nitrogens with one attached hydrogen (secondary N) is 2. The molecule has 7 N–H and O–H groups in total. The molecule has 0 aromatic rings. The molecule has 3 atom stereocenters. The van der Waals surface area contributed by atoms with Crippen LogP contribution in [0, 0.1) is 0 Å². The summed E-state index contributed by atoms with van der Waals surface area (Å²) in [5.41, 5.74) is 11.2. The van der Waals surface area contributed by atoms with E-state index in [0.717, 1.165) is 0 Å². The number of carbonyl (C=O) groups excluding carboxylic acids is 1. The minimum atomic E-state index is -0.998. The fourth-order valence-corrected chi connectivity index (χ4v) is 1.90. The summed E-state index contributed by atoms with van der Waals surface area (Å²) in [6, 6.07) is -1.26. The molecule has 1 heterocycles. The van der Waals surface area contributed by atoms with E-state index in [4.69, 9.17) is 16.6 Å². The van der Waals surface area contributed by atoms with Gasteiger partial charge in [0.25, 0.3) is 0 Å². The third-order valence-corrected chi connectivity index (χ3v) is 3.16. The van der Waals surface area contributed by atoms with Crippen LogP contribution in [0.4, 0.5) is 0 Å². The highest BCUT2D eigenvalue weighted by Crippen LogP contribution is 2.01. The predicted molar refractivity (Wildman–Crippen MR) is 75.3 cm³/mol. The quantitative estimate of drug-likeness (QED) is 0.323. The Hall–Kier alpha value is -1.67. The summed E-state index contributed by atoms with van der Waals surface area (Å²) < 4.78 is 0. The Bertz CT molecular complexity index is 353. The number of amides is 1. The van der Waals surface area contributed by atoms with Crippen molar-refractivity contribution >= 4 is 18.2 Å². The highest BCUT2D eigenvalue weighted by Gasteiger charge is 2.20. The Balaban J connectivity index is 2.05. The molecule has 0 saturated carbocycles. The fourth-order valence-electron chi connectivity index (χ4n) is 1.90. The second kappa shape index (κ2) is 8.49. The topological polar surface area (TPSA) is 143 Å². The number of rotatable bonds is 9. The lowest BCUT2D eigenvalue weighted by Crippen LogP contribution is -2.45. The molecule has 0 fully saturated rings. The standard InChI is InChI=1S/C12H23N5O3/c13-9(12(19)20)3-1-2-4-16-11(18)10(14)5-8-6-15-7-17-8/h7-10H,1-6,13-14H2,(H,15,17)(H,16,18)(H,19,20)/t8?,9-,10-/m0/s1. The molecule has 20 heavy (non-hydrogen) atoms. The number of carboxylic acids is 1. The van der Waals surface area contributed by atoms with Crippen molar-refractivity contribution in [1.29, 1.82) is 0 Å². The number of aliphatic carboxylic acids is 1. The zero-order chi connectivity index (χ0) is 15.0. The molecule has 1 unspecified atom stereocenters. The van der Waals surface area contributed by atoms with E-state index in [-0.39, 0.29) is 11.9 Å². The van der Waals surface area contributed by atoms with Gasteiger partial charge >= 0.3 is 5.97 Å². The van der Waals surface area contributed by atoms with Gasteiger partial charge in [-0.25, -0.2) is 0 Å². The number of hydrogen-bond donors (Lipinski definition) is 5. The van der Waals surface area contributed by atoms with Crippen molar-refractivity contribution < 1.29 is 14.7 Å². The molecule has 0 bridgehead atoms. The smallest absolute Gasteiger partial charge is 0.320 e. The normalized spacial score (nSPS) is 20.2. The molecule has 8 heteroatoms. The second-order valence-corrected chi connectivity index (χ2v) is 4.93. The van der Waals surface area contributed by atoms with E-state index in [1.54, 1.807) is 6.34 Å². The van der Waals surface area contributed by atoms with E-state index in [1.165, 1.54) is 0 Å². The lowest BCUT2D eigenvalue weighted by Gasteiger charge is -2.16. The first kappa shape index (κ1) is 16.4. The summed E-state index contributed by atoms with van der Waals surface area (Å²) in [5.74, 6) is -1.19. The summed E-state index contributed by atoms with van der Waals surface area (Å²) in [4.78, 5) is 26.2. The van der Waals surface area contributed by atoms with Crippen molar-refractivity contribution in [2.75, 3.05) is 13.1 Å². The van der Waals surface area contributed by atoms with Gasteiger partial charge in [-0.15, -0.1) is 0 Å². The third-order valence-electron chi connectivity index (χ3n) is 3.16. The molecule has 0 aliphatic carbocycles. The van der Waals surface area contributed by atoms with Crippen molar-refractivity contribution in [3.8, 4) is 0 Å². The van der Waals surface area contributed by atoms with Gasteiger partial charge in [-0.05, 0) is 25.7 Å². The molecule has 0 saturated heterocycles. The van der Waals surface area contributed by atoms with E-state index in [0.29, 0.717) is 38.8 Å². The Morgan fingerprint density at radius 3 is 2.75 bits per heavy atom. The predicted octanol–water partition coefficient (Wildman–Crippen LogP) is -1.60. The number of carbonyl (C=O) groups is 2. The first-order valence-electron chi connectivity index (χ1n) is 6.76. The van der Waals surface area contributed by atoms with Gasteiger partial charge in [-0.1, -0.05) is 0 Å². The average Bonchev–Trinajstić information content (AvgIpc) is 2.90. The summed E-state index contributed by atoms with van der Waals surface area (Å²) >= 11 is 0. The van der Waals surface area contributed by atoms with Gasteiger partial charge in [0, 0.05) is 12.6 Å². The monoisotopic (exact) mass is 285 g/mol. The Morgan fingerprint density at radius 1 is 1.40 bits per heavy atom. The molecular weight excluding hydrogens is 262 g/mol. The van der Waals surface area contributed by atoms with Gasteiger partial charge in [-0.3, -0.25) is 14.6 Å². The van der Waals surface area contributed by atoms with Crippen LogP contribution >= 0.6 is 0 Å². The molecule has 1 rings (SSSR count). The number of carboxylic acid groups (broad SMARTS) is 1. The van der Waals surface area contributed by atoms with Crippen molar-refractivity contribution in [3.63, 3.8) is 0 Å². The molecule has 8 nitrogen and oxygen atoms in total. The van der Waals surface area contributed by atoms with Gasteiger partial charge in [-0.2, -0.15) is 0 Å². The minimum absolute atomic E-state index is 0.129. The fraction of sp³-hybridized carbons (Fsp3) is 0.750. The molecule has 114 valence electrons. The highest BCUT2D eigenvalue weighted by molar-refractivity contribution is 5.81. The molecule has 1 aliphatic rings. The van der Waals surface area contributed by atoms with Gasteiger partial charge in [0.15, 0.2) is 0 Å². The molecule has 0 aromatic carbocycles. The SMILES string of the molecule is N[C@@H](CCCCNC(=O)[C@@H](N)CC1CN=CN1)C(=O)O. The largest absolute Gasteiger partial charge is 0.480 e. The average molecular weight is 285 g/mol. The Kier molecular flexibility index (Phi) is 6.96. The summed E-state index contributed by atoms with van der Waals surface area (Å²) in [5, 5.41) is 14.4. The lowest BCUT2D eigenvalue weighted by atomic mass is 10.1. The summed E-state index contributed by atoms with van der Waals surface area (Å²) in [6.07, 6.45) is 3.91. The van der Waals surface area contributed by atoms with Crippen molar-refractivity contribution in [3.05, 3.63) is 0 Å². The zero-order valence-electron chi connectivity index (χ0n) is 11.4. The maximum absolute atomic E-state index is 11.7. The molecule has 1 aliphatic heterocycles. The van der Waals surface area contributed by atoms with Crippen LogP contribution in [0.15, 0.2) is 4.99 Å². The second-order valence-electron chi connectivity index (χ2n) is 4.93. The van der Waals surface area contributed by atoms with Gasteiger partial charge in [0.05, 0.1) is 18.9 Å². The lowest BCUT2D eigenvalue weighted by molar-refractivity contribution is -0.138. The molecule has 1 amide bonds. The maximum Gasteiger partial charge on any atom is 0.320 e. The van der Waals surface area contributed by atoms with E-state index in [1.807, 2.05) is 0 Å². The maximum atomic E-state index is 11.7. The highest BCUT2D eigenvalue weighted by atomic mass is 16.4. The number of hydrogen-bond acceptors (Lipinski definition) is 6. The number of nitrogens with zero attached hydrogens (tertiary/aromatic N) is 1. The molecule has 0 radical (unpaired) electrons. The number of aliphatic imine (C=N–C) groups is 1. The van der Waals surface area contributed by atoms with E-state index < -0.39 is 18.1 Å². The van der Waals surface area contributed by atoms with Crippen LogP contribution in [0.2, 0.25) is 0 Å². The van der Waals surface area contributed by atoms with Crippen LogP contribution in [0.3, 0.4) is 0 Å². The first-order valence-corrected chi connectivity index (χ1v) is 6.76. The van der Waals surface area contributed by atoms with Crippen LogP contribution in [0.25, 0.3) is 0 Å². The van der Waals surface area contributed by atoms with Crippen molar-refractivity contribution in [2.45, 2.75) is 43.8 Å². The Labute approximate surface area is 118 Å². The summed E-state index contributed by atoms with van der Waals surface area (Å²) in [6.45, 7) is 1.13. The number of unbranched alkanes of at least 4 members (excludes halogenated alkanes) is 1. The van der Waals surface area contributed by atoms with Crippen molar-refractivity contribution in [2.24, 2.45) is 16.5 Å². The van der Waals surface area contributed by atoms with Crippen LogP contribution < -0.4 is 22.1 Å². The third kappa shape index (κ3) is 5.98. The van der Waals surface area contributed by atoms with E-state index >= 15 is 0 Å². The van der Waals surface area contributed by atoms with E-state index in [2.05, 4.69) is 15.6 Å². The van der Waals surface area contributed by atoms with Crippen molar-refractivity contribution in [1.82, 2.24) is 10.6 Å².